The maximum atomic E-state index is 9.89. The molecule has 0 aliphatic carbocycles. The molecular formula is C14H21Cl2N3O2. The van der Waals surface area contributed by atoms with Crippen LogP contribution in [0.15, 0.2) is 29.7 Å². The number of piperidine rings is 1. The molecular weight excluding hydrogens is 313 g/mol. The minimum Gasteiger partial charge on any atom is -0.392 e. The largest absolute Gasteiger partial charge is 0.392 e. The Morgan fingerprint density at radius 1 is 1.43 bits per heavy atom. The molecule has 0 radical (unpaired) electrons. The summed E-state index contributed by atoms with van der Waals surface area (Å²) in [5.74, 6) is 0. The summed E-state index contributed by atoms with van der Waals surface area (Å²) in [7, 11) is 0. The number of pyridine rings is 1. The molecule has 1 aliphatic rings. The molecule has 0 spiro atoms. The van der Waals surface area contributed by atoms with Gasteiger partial charge in [-0.25, -0.2) is 0 Å². The van der Waals surface area contributed by atoms with Gasteiger partial charge in [-0.15, -0.1) is 12.4 Å². The topological polar surface area (TPSA) is 58.0 Å². The lowest BCUT2D eigenvalue weighted by molar-refractivity contribution is 0.0161. The van der Waals surface area contributed by atoms with Gasteiger partial charge >= 0.3 is 0 Å². The summed E-state index contributed by atoms with van der Waals surface area (Å²) in [5, 5.41) is 13.9. The van der Waals surface area contributed by atoms with E-state index >= 15 is 0 Å². The van der Waals surface area contributed by atoms with E-state index in [0.717, 1.165) is 13.1 Å². The van der Waals surface area contributed by atoms with Crippen molar-refractivity contribution in [3.63, 3.8) is 0 Å². The summed E-state index contributed by atoms with van der Waals surface area (Å²) in [5.41, 5.74) is 0.694. The molecule has 1 aromatic heterocycles. The highest BCUT2D eigenvalue weighted by Crippen LogP contribution is 2.09. The molecule has 2 heterocycles. The first-order valence-corrected chi connectivity index (χ1v) is 7.30. The van der Waals surface area contributed by atoms with E-state index in [1.165, 1.54) is 19.3 Å². The third-order valence-corrected chi connectivity index (χ3v) is 3.52. The molecule has 21 heavy (non-hydrogen) atoms. The van der Waals surface area contributed by atoms with Gasteiger partial charge in [0.05, 0.1) is 0 Å². The lowest BCUT2D eigenvalue weighted by Crippen LogP contribution is -2.38. The number of oxime groups is 1. The Morgan fingerprint density at radius 3 is 2.86 bits per heavy atom. The molecule has 0 saturated carbocycles. The molecule has 2 rings (SSSR count). The predicted octanol–water partition coefficient (Wildman–Crippen LogP) is 2.27. The Balaban J connectivity index is 0.00000220. The quantitative estimate of drug-likeness (QED) is 0.640. The third-order valence-electron chi connectivity index (χ3n) is 3.23. The van der Waals surface area contributed by atoms with E-state index in [0.29, 0.717) is 12.1 Å². The lowest BCUT2D eigenvalue weighted by atomic mass is 10.1. The minimum atomic E-state index is -0.546. The second-order valence-electron chi connectivity index (χ2n) is 4.93. The number of rotatable bonds is 6. The van der Waals surface area contributed by atoms with Crippen LogP contribution in [0.3, 0.4) is 0 Å². The summed E-state index contributed by atoms with van der Waals surface area (Å²) < 4.78 is 0. The first-order chi connectivity index (χ1) is 9.75. The Morgan fingerprint density at radius 2 is 2.19 bits per heavy atom. The van der Waals surface area contributed by atoms with Crippen LogP contribution >= 0.6 is 24.0 Å². The smallest absolute Gasteiger partial charge is 0.177 e. The molecule has 1 fully saturated rings. The van der Waals surface area contributed by atoms with Gasteiger partial charge in [-0.05, 0) is 38.1 Å². The average Bonchev–Trinajstić information content (AvgIpc) is 2.49. The molecule has 1 atom stereocenters. The van der Waals surface area contributed by atoms with Gasteiger partial charge in [0.1, 0.15) is 12.7 Å². The standard InChI is InChI=1S/C14H20ClN3O2.ClH/c15-14(12-5-4-6-16-9-12)17-20-11-13(19)10-18-7-2-1-3-8-18;/h4-6,9,13,19H,1-3,7-8,10-11H2;1H. The van der Waals surface area contributed by atoms with Crippen molar-refractivity contribution in [2.45, 2.75) is 25.4 Å². The Labute approximate surface area is 136 Å². The van der Waals surface area contributed by atoms with E-state index < -0.39 is 6.10 Å². The van der Waals surface area contributed by atoms with Gasteiger partial charge in [0.2, 0.25) is 0 Å². The summed E-state index contributed by atoms with van der Waals surface area (Å²) >= 11 is 5.97. The zero-order chi connectivity index (χ0) is 14.2. The van der Waals surface area contributed by atoms with Crippen molar-refractivity contribution in [2.75, 3.05) is 26.2 Å². The fourth-order valence-electron chi connectivity index (χ4n) is 2.21. The van der Waals surface area contributed by atoms with Crippen LogP contribution < -0.4 is 0 Å². The van der Waals surface area contributed by atoms with E-state index in [-0.39, 0.29) is 24.2 Å². The van der Waals surface area contributed by atoms with Crippen LogP contribution in [0, 0.1) is 0 Å². The van der Waals surface area contributed by atoms with Gasteiger partial charge < -0.3 is 14.8 Å². The second kappa shape index (κ2) is 9.95. The highest BCUT2D eigenvalue weighted by Gasteiger charge is 2.14. The molecule has 5 nitrogen and oxygen atoms in total. The highest BCUT2D eigenvalue weighted by molar-refractivity contribution is 6.69. The molecule has 7 heteroatoms. The van der Waals surface area contributed by atoms with Crippen molar-refractivity contribution in [2.24, 2.45) is 5.16 Å². The number of likely N-dealkylation sites (tertiary alicyclic amines) is 1. The minimum absolute atomic E-state index is 0. The summed E-state index contributed by atoms with van der Waals surface area (Å²) in [6.45, 7) is 2.88. The van der Waals surface area contributed by atoms with Crippen LogP contribution in [0.5, 0.6) is 0 Å². The molecule has 1 aromatic rings. The average molecular weight is 334 g/mol. The molecule has 0 aromatic carbocycles. The summed E-state index contributed by atoms with van der Waals surface area (Å²) in [6.07, 6.45) is 6.43. The summed E-state index contributed by atoms with van der Waals surface area (Å²) in [4.78, 5) is 11.3. The number of β-amino-alcohol motifs (C(OH)–C–C–N with tert-alkyl or cyclic N) is 1. The number of aromatic nitrogens is 1. The first kappa shape index (κ1) is 18.2. The molecule has 1 saturated heterocycles. The van der Waals surface area contributed by atoms with E-state index in [1.54, 1.807) is 24.5 Å². The van der Waals surface area contributed by atoms with E-state index in [4.69, 9.17) is 16.4 Å². The third kappa shape index (κ3) is 6.61. The van der Waals surface area contributed by atoms with Crippen LogP contribution in [-0.2, 0) is 4.84 Å². The number of nitrogens with zero attached hydrogens (tertiary/aromatic N) is 3. The van der Waals surface area contributed by atoms with E-state index in [1.807, 2.05) is 0 Å². The second-order valence-corrected chi connectivity index (χ2v) is 5.29. The molecule has 1 aliphatic heterocycles. The Kier molecular flexibility index (Phi) is 8.61. The zero-order valence-electron chi connectivity index (χ0n) is 11.8. The lowest BCUT2D eigenvalue weighted by Gasteiger charge is -2.27. The van der Waals surface area contributed by atoms with Crippen molar-refractivity contribution < 1.29 is 9.94 Å². The number of aliphatic hydroxyl groups is 1. The fraction of sp³-hybridized carbons (Fsp3) is 0.571. The van der Waals surface area contributed by atoms with Gasteiger partial charge in [0.15, 0.2) is 5.17 Å². The van der Waals surface area contributed by atoms with Crippen LogP contribution in [0.4, 0.5) is 0 Å². The van der Waals surface area contributed by atoms with Crippen molar-refractivity contribution in [3.8, 4) is 0 Å². The van der Waals surface area contributed by atoms with E-state index in [9.17, 15) is 5.11 Å². The molecule has 1 unspecified atom stereocenters. The molecule has 0 bridgehead atoms. The van der Waals surface area contributed by atoms with Gasteiger partial charge in [-0.3, -0.25) is 4.98 Å². The van der Waals surface area contributed by atoms with Gasteiger partial charge in [-0.2, -0.15) is 0 Å². The van der Waals surface area contributed by atoms with Gasteiger partial charge in [0.25, 0.3) is 0 Å². The highest BCUT2D eigenvalue weighted by atomic mass is 35.5. The maximum Gasteiger partial charge on any atom is 0.177 e. The Bertz CT molecular complexity index is 425. The van der Waals surface area contributed by atoms with Crippen LogP contribution in [0.1, 0.15) is 24.8 Å². The monoisotopic (exact) mass is 333 g/mol. The van der Waals surface area contributed by atoms with Crippen molar-refractivity contribution in [1.29, 1.82) is 0 Å². The van der Waals surface area contributed by atoms with Crippen molar-refractivity contribution >= 4 is 29.2 Å². The number of hydrogen-bond donors (Lipinski definition) is 1. The summed E-state index contributed by atoms with van der Waals surface area (Å²) in [6, 6.07) is 3.57. The van der Waals surface area contributed by atoms with Gasteiger partial charge in [0, 0.05) is 24.5 Å². The van der Waals surface area contributed by atoms with E-state index in [2.05, 4.69) is 15.0 Å². The van der Waals surface area contributed by atoms with Crippen LogP contribution in [0.25, 0.3) is 0 Å². The predicted molar refractivity (Wildman–Crippen MR) is 86.1 cm³/mol. The molecule has 1 N–H and O–H groups in total. The maximum absolute atomic E-state index is 9.89. The molecule has 0 amide bonds. The first-order valence-electron chi connectivity index (χ1n) is 6.92. The number of hydrogen-bond acceptors (Lipinski definition) is 5. The zero-order valence-corrected chi connectivity index (χ0v) is 13.4. The van der Waals surface area contributed by atoms with Crippen LogP contribution in [-0.4, -0.2) is 52.5 Å². The number of aliphatic hydroxyl groups excluding tert-OH is 1. The van der Waals surface area contributed by atoms with Crippen molar-refractivity contribution in [3.05, 3.63) is 30.1 Å². The SMILES string of the molecule is Cl.OC(CON=C(Cl)c1cccnc1)CN1CCCCC1. The van der Waals surface area contributed by atoms with Crippen LogP contribution in [0.2, 0.25) is 0 Å². The van der Waals surface area contributed by atoms with Gasteiger partial charge in [-0.1, -0.05) is 23.2 Å². The van der Waals surface area contributed by atoms with Crippen molar-refractivity contribution in [1.82, 2.24) is 9.88 Å². The normalized spacial score (nSPS) is 17.9. The fourth-order valence-corrected chi connectivity index (χ4v) is 2.37. The Hall–Kier alpha value is -0.880. The number of halogens is 2. The molecule has 118 valence electrons.